The second kappa shape index (κ2) is 4.40. The summed E-state index contributed by atoms with van der Waals surface area (Å²) in [5, 5.41) is 0. The standard InChI is InChI=1S/C12H23NO2/c1-12(2,3)6-11-7-13(4-5-15-11)10-8-14-9-10/h10-11H,4-9H2,1-3H3. The maximum Gasteiger partial charge on any atom is 0.0707 e. The largest absolute Gasteiger partial charge is 0.378 e. The van der Waals surface area contributed by atoms with Gasteiger partial charge in [0.05, 0.1) is 32.0 Å². The first-order valence-electron chi connectivity index (χ1n) is 5.98. The fourth-order valence-corrected chi connectivity index (χ4v) is 2.31. The summed E-state index contributed by atoms with van der Waals surface area (Å²) in [5.74, 6) is 0. The Morgan fingerprint density at radius 3 is 2.53 bits per heavy atom. The van der Waals surface area contributed by atoms with Gasteiger partial charge in [-0.2, -0.15) is 0 Å². The highest BCUT2D eigenvalue weighted by Crippen LogP contribution is 2.25. The van der Waals surface area contributed by atoms with Crippen LogP contribution in [0, 0.1) is 5.41 Å². The molecule has 2 fully saturated rings. The van der Waals surface area contributed by atoms with Crippen molar-refractivity contribution in [3.05, 3.63) is 0 Å². The zero-order valence-corrected chi connectivity index (χ0v) is 10.2. The maximum absolute atomic E-state index is 5.82. The fraction of sp³-hybridized carbons (Fsp3) is 1.00. The summed E-state index contributed by atoms with van der Waals surface area (Å²) in [7, 11) is 0. The van der Waals surface area contributed by atoms with Gasteiger partial charge in [-0.1, -0.05) is 20.8 Å². The summed E-state index contributed by atoms with van der Waals surface area (Å²) in [6.07, 6.45) is 1.57. The van der Waals surface area contributed by atoms with Crippen molar-refractivity contribution in [1.82, 2.24) is 4.90 Å². The lowest BCUT2D eigenvalue weighted by atomic mass is 9.88. The number of rotatable bonds is 2. The van der Waals surface area contributed by atoms with E-state index >= 15 is 0 Å². The molecule has 3 heteroatoms. The molecule has 88 valence electrons. The van der Waals surface area contributed by atoms with Crippen molar-refractivity contribution in [2.45, 2.75) is 39.3 Å². The Morgan fingerprint density at radius 2 is 2.00 bits per heavy atom. The van der Waals surface area contributed by atoms with Crippen molar-refractivity contribution in [2.24, 2.45) is 5.41 Å². The number of ether oxygens (including phenoxy) is 2. The van der Waals surface area contributed by atoms with Gasteiger partial charge in [-0.3, -0.25) is 4.90 Å². The lowest BCUT2D eigenvalue weighted by Gasteiger charge is -2.43. The SMILES string of the molecule is CC(C)(C)CC1CN(C2COC2)CCO1. The Morgan fingerprint density at radius 1 is 1.27 bits per heavy atom. The molecular formula is C12H23NO2. The van der Waals surface area contributed by atoms with Crippen LogP contribution in [0.3, 0.4) is 0 Å². The average Bonchev–Trinajstić information content (AvgIpc) is 1.97. The second-order valence-electron chi connectivity index (χ2n) is 5.94. The normalized spacial score (nSPS) is 30.2. The van der Waals surface area contributed by atoms with Crippen LogP contribution < -0.4 is 0 Å². The molecule has 0 aromatic heterocycles. The van der Waals surface area contributed by atoms with E-state index in [9.17, 15) is 0 Å². The van der Waals surface area contributed by atoms with Crippen LogP contribution in [0.2, 0.25) is 0 Å². The highest BCUT2D eigenvalue weighted by molar-refractivity contribution is 4.83. The minimum absolute atomic E-state index is 0.365. The van der Waals surface area contributed by atoms with Crippen LogP contribution in [-0.4, -0.2) is 50.0 Å². The second-order valence-corrected chi connectivity index (χ2v) is 5.94. The Hall–Kier alpha value is -0.120. The first-order valence-corrected chi connectivity index (χ1v) is 5.98. The number of hydrogen-bond acceptors (Lipinski definition) is 3. The van der Waals surface area contributed by atoms with Crippen molar-refractivity contribution in [2.75, 3.05) is 32.9 Å². The fourth-order valence-electron chi connectivity index (χ4n) is 2.31. The van der Waals surface area contributed by atoms with E-state index in [1.165, 1.54) is 0 Å². The molecule has 0 aliphatic carbocycles. The van der Waals surface area contributed by atoms with Crippen LogP contribution in [-0.2, 0) is 9.47 Å². The Labute approximate surface area is 92.7 Å². The van der Waals surface area contributed by atoms with E-state index in [2.05, 4.69) is 25.7 Å². The van der Waals surface area contributed by atoms with Crippen LogP contribution >= 0.6 is 0 Å². The van der Waals surface area contributed by atoms with E-state index in [0.29, 0.717) is 17.6 Å². The molecule has 3 nitrogen and oxygen atoms in total. The number of morpholine rings is 1. The van der Waals surface area contributed by atoms with Gasteiger partial charge >= 0.3 is 0 Å². The molecule has 2 aliphatic heterocycles. The smallest absolute Gasteiger partial charge is 0.0707 e. The van der Waals surface area contributed by atoms with E-state index in [-0.39, 0.29) is 0 Å². The molecule has 0 amide bonds. The molecule has 0 aromatic carbocycles. The Kier molecular flexibility index (Phi) is 3.33. The third kappa shape index (κ3) is 3.16. The van der Waals surface area contributed by atoms with Gasteiger partial charge in [-0.25, -0.2) is 0 Å². The lowest BCUT2D eigenvalue weighted by Crippen LogP contribution is -2.55. The summed E-state index contributed by atoms with van der Waals surface area (Å²) < 4.78 is 11.1. The van der Waals surface area contributed by atoms with Crippen molar-refractivity contribution in [3.8, 4) is 0 Å². The summed E-state index contributed by atoms with van der Waals surface area (Å²) in [6, 6.07) is 0.663. The van der Waals surface area contributed by atoms with Crippen LogP contribution in [0.1, 0.15) is 27.2 Å². The van der Waals surface area contributed by atoms with E-state index in [1.54, 1.807) is 0 Å². The molecule has 15 heavy (non-hydrogen) atoms. The minimum atomic E-state index is 0.365. The van der Waals surface area contributed by atoms with Gasteiger partial charge in [-0.05, 0) is 11.8 Å². The highest BCUT2D eigenvalue weighted by Gasteiger charge is 2.32. The molecule has 2 saturated heterocycles. The van der Waals surface area contributed by atoms with Crippen LogP contribution in [0.4, 0.5) is 0 Å². The molecule has 2 rings (SSSR count). The molecule has 1 atom stereocenters. The molecule has 0 radical (unpaired) electrons. The topological polar surface area (TPSA) is 21.7 Å². The zero-order chi connectivity index (χ0) is 10.9. The van der Waals surface area contributed by atoms with Gasteiger partial charge in [0.25, 0.3) is 0 Å². The van der Waals surface area contributed by atoms with Crippen LogP contribution in [0.15, 0.2) is 0 Å². The van der Waals surface area contributed by atoms with Gasteiger partial charge in [0.15, 0.2) is 0 Å². The molecule has 0 bridgehead atoms. The number of nitrogens with zero attached hydrogens (tertiary/aromatic N) is 1. The summed E-state index contributed by atoms with van der Waals surface area (Å²) >= 11 is 0. The van der Waals surface area contributed by atoms with Gasteiger partial charge in [-0.15, -0.1) is 0 Å². The van der Waals surface area contributed by atoms with Gasteiger partial charge < -0.3 is 9.47 Å². The first kappa shape index (κ1) is 11.4. The first-order chi connectivity index (χ1) is 7.04. The molecule has 0 aromatic rings. The molecule has 0 N–H and O–H groups in total. The predicted octanol–water partition coefficient (Wildman–Crippen LogP) is 1.52. The maximum atomic E-state index is 5.82. The number of hydrogen-bond donors (Lipinski definition) is 0. The van der Waals surface area contributed by atoms with Crippen molar-refractivity contribution in [1.29, 1.82) is 0 Å². The zero-order valence-electron chi connectivity index (χ0n) is 10.2. The molecule has 2 aliphatic rings. The predicted molar refractivity (Wildman–Crippen MR) is 60.0 cm³/mol. The Balaban J connectivity index is 1.81. The van der Waals surface area contributed by atoms with Crippen LogP contribution in [0.25, 0.3) is 0 Å². The highest BCUT2D eigenvalue weighted by atomic mass is 16.5. The quantitative estimate of drug-likeness (QED) is 0.694. The summed E-state index contributed by atoms with van der Waals surface area (Å²) in [5.41, 5.74) is 0.365. The van der Waals surface area contributed by atoms with Gasteiger partial charge in [0.1, 0.15) is 0 Å². The molecule has 0 saturated carbocycles. The van der Waals surface area contributed by atoms with E-state index in [0.717, 1.165) is 39.3 Å². The van der Waals surface area contributed by atoms with Gasteiger partial charge in [0, 0.05) is 13.1 Å². The van der Waals surface area contributed by atoms with Crippen molar-refractivity contribution >= 4 is 0 Å². The molecule has 2 heterocycles. The van der Waals surface area contributed by atoms with E-state index < -0.39 is 0 Å². The minimum Gasteiger partial charge on any atom is -0.378 e. The van der Waals surface area contributed by atoms with Gasteiger partial charge in [0.2, 0.25) is 0 Å². The molecular weight excluding hydrogens is 190 g/mol. The summed E-state index contributed by atoms with van der Waals surface area (Å²) in [6.45, 7) is 11.7. The monoisotopic (exact) mass is 213 g/mol. The van der Waals surface area contributed by atoms with Crippen molar-refractivity contribution in [3.63, 3.8) is 0 Å². The lowest BCUT2D eigenvalue weighted by molar-refractivity contribution is -0.119. The van der Waals surface area contributed by atoms with E-state index in [4.69, 9.17) is 9.47 Å². The van der Waals surface area contributed by atoms with Crippen LogP contribution in [0.5, 0.6) is 0 Å². The molecule has 0 spiro atoms. The summed E-state index contributed by atoms with van der Waals surface area (Å²) in [4.78, 5) is 2.53. The Bertz CT molecular complexity index is 208. The third-order valence-corrected chi connectivity index (χ3v) is 3.15. The van der Waals surface area contributed by atoms with E-state index in [1.807, 2.05) is 0 Å². The average molecular weight is 213 g/mol. The third-order valence-electron chi connectivity index (χ3n) is 3.15. The van der Waals surface area contributed by atoms with Crippen molar-refractivity contribution < 1.29 is 9.47 Å². The molecule has 1 unspecified atom stereocenters.